The minimum Gasteiger partial charge on any atom is -0.481 e. The molecule has 1 heterocycles. The molecule has 1 aromatic rings. The third-order valence-corrected chi connectivity index (χ3v) is 2.08. The molecule has 16 heavy (non-hydrogen) atoms. The van der Waals surface area contributed by atoms with Gasteiger partial charge in [-0.2, -0.15) is 9.97 Å². The van der Waals surface area contributed by atoms with Crippen LogP contribution in [0, 0.1) is 5.92 Å². The van der Waals surface area contributed by atoms with E-state index in [4.69, 9.17) is 15.2 Å². The average Bonchev–Trinajstić information content (AvgIpc) is 2.23. The van der Waals surface area contributed by atoms with Crippen molar-refractivity contribution in [2.45, 2.75) is 26.7 Å². The second-order valence-corrected chi connectivity index (χ2v) is 3.99. The van der Waals surface area contributed by atoms with Gasteiger partial charge in [-0.15, -0.1) is 0 Å². The highest BCUT2D eigenvalue weighted by atomic mass is 16.5. The Hall–Kier alpha value is -1.52. The van der Waals surface area contributed by atoms with E-state index in [2.05, 4.69) is 23.8 Å². The number of anilines is 1. The van der Waals surface area contributed by atoms with Crippen LogP contribution in [0.25, 0.3) is 0 Å². The third-order valence-electron chi connectivity index (χ3n) is 2.08. The van der Waals surface area contributed by atoms with Gasteiger partial charge in [0, 0.05) is 0 Å². The number of ether oxygens (including phenoxy) is 2. The Labute approximate surface area is 96.0 Å². The number of rotatable bonds is 6. The highest BCUT2D eigenvalue weighted by molar-refractivity contribution is 5.29. The summed E-state index contributed by atoms with van der Waals surface area (Å²) in [6.07, 6.45) is 2.14. The first kappa shape index (κ1) is 12.5. The standard InChI is InChI=1S/C11H19N3O2/c1-8(2)5-4-6-16-10-7-9(15-3)13-11(12)14-10/h7-8H,4-6H2,1-3H3,(H2,12,13,14). The quantitative estimate of drug-likeness (QED) is 0.748. The fourth-order valence-corrected chi connectivity index (χ4v) is 1.27. The van der Waals surface area contributed by atoms with Gasteiger partial charge >= 0.3 is 0 Å². The molecule has 1 aromatic heterocycles. The van der Waals surface area contributed by atoms with E-state index in [0.29, 0.717) is 24.3 Å². The molecule has 0 aliphatic heterocycles. The Bertz CT molecular complexity index is 329. The van der Waals surface area contributed by atoms with E-state index in [9.17, 15) is 0 Å². The molecule has 0 saturated carbocycles. The maximum Gasteiger partial charge on any atom is 0.226 e. The predicted octanol–water partition coefficient (Wildman–Crippen LogP) is 1.88. The lowest BCUT2D eigenvalue weighted by Crippen LogP contribution is -2.04. The molecule has 90 valence electrons. The van der Waals surface area contributed by atoms with Crippen molar-refractivity contribution < 1.29 is 9.47 Å². The van der Waals surface area contributed by atoms with Crippen LogP contribution in [-0.2, 0) is 0 Å². The number of aromatic nitrogens is 2. The summed E-state index contributed by atoms with van der Waals surface area (Å²) in [6.45, 7) is 5.01. The highest BCUT2D eigenvalue weighted by Gasteiger charge is 2.03. The summed E-state index contributed by atoms with van der Waals surface area (Å²) in [6, 6.07) is 1.63. The zero-order valence-electron chi connectivity index (χ0n) is 10.1. The predicted molar refractivity (Wildman–Crippen MR) is 62.6 cm³/mol. The van der Waals surface area contributed by atoms with Crippen molar-refractivity contribution in [1.82, 2.24) is 9.97 Å². The molecule has 5 heteroatoms. The highest BCUT2D eigenvalue weighted by Crippen LogP contribution is 2.16. The number of nitrogens with zero attached hydrogens (tertiary/aromatic N) is 2. The molecule has 0 saturated heterocycles. The fraction of sp³-hybridized carbons (Fsp3) is 0.636. The summed E-state index contributed by atoms with van der Waals surface area (Å²) >= 11 is 0. The number of hydrogen-bond acceptors (Lipinski definition) is 5. The zero-order valence-corrected chi connectivity index (χ0v) is 10.1. The maximum atomic E-state index is 5.51. The van der Waals surface area contributed by atoms with Gasteiger partial charge < -0.3 is 15.2 Å². The number of hydrogen-bond donors (Lipinski definition) is 1. The molecule has 0 amide bonds. The lowest BCUT2D eigenvalue weighted by molar-refractivity contribution is 0.284. The minimum atomic E-state index is 0.165. The van der Waals surface area contributed by atoms with Gasteiger partial charge in [0.05, 0.1) is 19.8 Å². The summed E-state index contributed by atoms with van der Waals surface area (Å²) < 4.78 is 10.4. The first-order valence-corrected chi connectivity index (χ1v) is 5.43. The molecular formula is C11H19N3O2. The molecule has 0 aliphatic carbocycles. The van der Waals surface area contributed by atoms with E-state index < -0.39 is 0 Å². The number of nitrogens with two attached hydrogens (primary N) is 1. The molecule has 0 aliphatic rings. The summed E-state index contributed by atoms with van der Waals surface area (Å²) in [4.78, 5) is 7.84. The zero-order chi connectivity index (χ0) is 12.0. The molecule has 0 spiro atoms. The molecule has 5 nitrogen and oxygen atoms in total. The van der Waals surface area contributed by atoms with Gasteiger partial charge in [0.25, 0.3) is 0 Å². The Balaban J connectivity index is 2.44. The van der Waals surface area contributed by atoms with E-state index in [1.165, 1.54) is 7.11 Å². The SMILES string of the molecule is COc1cc(OCCCC(C)C)nc(N)n1. The van der Waals surface area contributed by atoms with Gasteiger partial charge in [-0.25, -0.2) is 0 Å². The van der Waals surface area contributed by atoms with Crippen molar-refractivity contribution in [2.75, 3.05) is 19.5 Å². The molecule has 0 fully saturated rings. The monoisotopic (exact) mass is 225 g/mol. The Morgan fingerprint density at radius 2 is 2.00 bits per heavy atom. The van der Waals surface area contributed by atoms with Gasteiger partial charge in [-0.1, -0.05) is 13.8 Å². The van der Waals surface area contributed by atoms with Crippen molar-refractivity contribution in [3.63, 3.8) is 0 Å². The molecule has 2 N–H and O–H groups in total. The smallest absolute Gasteiger partial charge is 0.226 e. The summed E-state index contributed by atoms with van der Waals surface area (Å²) in [5.41, 5.74) is 5.51. The van der Waals surface area contributed by atoms with Crippen LogP contribution in [0.3, 0.4) is 0 Å². The van der Waals surface area contributed by atoms with Crippen LogP contribution in [0.2, 0.25) is 0 Å². The van der Waals surface area contributed by atoms with Gasteiger partial charge in [0.2, 0.25) is 17.7 Å². The first-order chi connectivity index (χ1) is 7.61. The summed E-state index contributed by atoms with van der Waals surface area (Å²) in [5.74, 6) is 1.74. The molecule has 0 unspecified atom stereocenters. The summed E-state index contributed by atoms with van der Waals surface area (Å²) in [5, 5.41) is 0. The van der Waals surface area contributed by atoms with Crippen molar-refractivity contribution in [3.05, 3.63) is 6.07 Å². The third kappa shape index (κ3) is 4.33. The van der Waals surface area contributed by atoms with Crippen molar-refractivity contribution in [1.29, 1.82) is 0 Å². The van der Waals surface area contributed by atoms with Gasteiger partial charge in [0.15, 0.2) is 0 Å². The van der Waals surface area contributed by atoms with E-state index in [1.54, 1.807) is 6.07 Å². The minimum absolute atomic E-state index is 0.165. The lowest BCUT2D eigenvalue weighted by atomic mass is 10.1. The maximum absolute atomic E-state index is 5.51. The van der Waals surface area contributed by atoms with E-state index in [1.807, 2.05) is 0 Å². The molecular weight excluding hydrogens is 206 g/mol. The molecule has 1 rings (SSSR count). The van der Waals surface area contributed by atoms with Gasteiger partial charge in [0.1, 0.15) is 0 Å². The van der Waals surface area contributed by atoms with E-state index >= 15 is 0 Å². The Morgan fingerprint density at radius 3 is 2.62 bits per heavy atom. The van der Waals surface area contributed by atoms with Crippen LogP contribution in [-0.4, -0.2) is 23.7 Å². The summed E-state index contributed by atoms with van der Waals surface area (Å²) in [7, 11) is 1.53. The van der Waals surface area contributed by atoms with Crippen LogP contribution >= 0.6 is 0 Å². The van der Waals surface area contributed by atoms with Crippen LogP contribution in [0.4, 0.5) is 5.95 Å². The van der Waals surface area contributed by atoms with Crippen LogP contribution < -0.4 is 15.2 Å². The topological polar surface area (TPSA) is 70.3 Å². The molecule has 0 aromatic carbocycles. The second-order valence-electron chi connectivity index (χ2n) is 3.99. The van der Waals surface area contributed by atoms with Crippen molar-refractivity contribution >= 4 is 5.95 Å². The normalized spacial score (nSPS) is 10.5. The van der Waals surface area contributed by atoms with Gasteiger partial charge in [-0.3, -0.25) is 0 Å². The Kier molecular flexibility index (Phi) is 4.82. The van der Waals surface area contributed by atoms with E-state index in [-0.39, 0.29) is 5.95 Å². The fourth-order valence-electron chi connectivity index (χ4n) is 1.27. The Morgan fingerprint density at radius 1 is 1.31 bits per heavy atom. The van der Waals surface area contributed by atoms with E-state index in [0.717, 1.165) is 12.8 Å². The average molecular weight is 225 g/mol. The second kappa shape index (κ2) is 6.15. The van der Waals surface area contributed by atoms with Crippen LogP contribution in [0.5, 0.6) is 11.8 Å². The van der Waals surface area contributed by atoms with Crippen LogP contribution in [0.15, 0.2) is 6.07 Å². The lowest BCUT2D eigenvalue weighted by Gasteiger charge is -2.08. The number of nitrogen functional groups attached to an aromatic ring is 1. The first-order valence-electron chi connectivity index (χ1n) is 5.43. The largest absolute Gasteiger partial charge is 0.481 e. The van der Waals surface area contributed by atoms with Crippen molar-refractivity contribution in [2.24, 2.45) is 5.92 Å². The molecule has 0 radical (unpaired) electrons. The molecule has 0 bridgehead atoms. The van der Waals surface area contributed by atoms with Crippen molar-refractivity contribution in [3.8, 4) is 11.8 Å². The number of methoxy groups -OCH3 is 1. The van der Waals surface area contributed by atoms with Gasteiger partial charge in [-0.05, 0) is 18.8 Å². The molecule has 0 atom stereocenters. The van der Waals surface area contributed by atoms with Crippen LogP contribution in [0.1, 0.15) is 26.7 Å².